The molecule has 1 aromatic carbocycles. The van der Waals surface area contributed by atoms with Crippen molar-refractivity contribution in [3.8, 4) is 11.4 Å². The Labute approximate surface area is 125 Å². The average Bonchev–Trinajstić information content (AvgIpc) is 2.91. The number of nitrogens with zero attached hydrogens (tertiary/aromatic N) is 3. The first-order chi connectivity index (χ1) is 10.3. The average molecular weight is 286 g/mol. The number of benzene rings is 1. The zero-order valence-electron chi connectivity index (χ0n) is 12.5. The first-order valence-electron chi connectivity index (χ1n) is 7.60. The van der Waals surface area contributed by atoms with Crippen LogP contribution < -0.4 is 5.32 Å². The second-order valence-electron chi connectivity index (χ2n) is 5.41. The van der Waals surface area contributed by atoms with Crippen LogP contribution in [0.1, 0.15) is 18.7 Å². The van der Waals surface area contributed by atoms with Crippen LogP contribution in [0.2, 0.25) is 0 Å². The number of hydrogen-bond acceptors (Lipinski definition) is 4. The maximum atomic E-state index is 5.94. The minimum Gasteiger partial charge on any atom is -0.378 e. The van der Waals surface area contributed by atoms with E-state index in [2.05, 4.69) is 15.4 Å². The lowest BCUT2D eigenvalue weighted by Crippen LogP contribution is -2.32. The van der Waals surface area contributed by atoms with Crippen molar-refractivity contribution >= 4 is 0 Å². The lowest BCUT2D eigenvalue weighted by molar-refractivity contribution is 0.0339. The van der Waals surface area contributed by atoms with E-state index in [9.17, 15) is 0 Å². The van der Waals surface area contributed by atoms with Gasteiger partial charge in [0.1, 0.15) is 5.82 Å². The maximum Gasteiger partial charge on any atom is 0.181 e. The SMILES string of the molecule is Cn1nc(-c2ccccc2)nc1CCOC1CCNCC1. The largest absolute Gasteiger partial charge is 0.378 e. The van der Waals surface area contributed by atoms with E-state index in [1.54, 1.807) is 0 Å². The zero-order valence-corrected chi connectivity index (χ0v) is 12.5. The molecule has 1 aliphatic heterocycles. The molecular formula is C16H22N4O. The highest BCUT2D eigenvalue weighted by Crippen LogP contribution is 2.15. The molecule has 5 heteroatoms. The number of hydrogen-bond donors (Lipinski definition) is 1. The van der Waals surface area contributed by atoms with E-state index >= 15 is 0 Å². The minimum absolute atomic E-state index is 0.396. The van der Waals surface area contributed by atoms with Gasteiger partial charge in [-0.25, -0.2) is 4.98 Å². The van der Waals surface area contributed by atoms with Gasteiger partial charge in [0.25, 0.3) is 0 Å². The fourth-order valence-electron chi connectivity index (χ4n) is 2.62. The van der Waals surface area contributed by atoms with Gasteiger partial charge in [0.15, 0.2) is 5.82 Å². The van der Waals surface area contributed by atoms with Crippen LogP contribution in [0.15, 0.2) is 30.3 Å². The molecule has 5 nitrogen and oxygen atoms in total. The predicted octanol–water partition coefficient (Wildman–Crippen LogP) is 1.79. The van der Waals surface area contributed by atoms with Crippen LogP contribution in [0.3, 0.4) is 0 Å². The lowest BCUT2D eigenvalue weighted by Gasteiger charge is -2.22. The summed E-state index contributed by atoms with van der Waals surface area (Å²) in [4.78, 5) is 4.62. The fourth-order valence-corrected chi connectivity index (χ4v) is 2.62. The third kappa shape index (κ3) is 3.68. The summed E-state index contributed by atoms with van der Waals surface area (Å²) in [5.74, 6) is 1.76. The Morgan fingerprint density at radius 1 is 1.24 bits per heavy atom. The number of ether oxygens (including phenoxy) is 1. The number of nitrogens with one attached hydrogen (secondary N) is 1. The third-order valence-electron chi connectivity index (χ3n) is 3.85. The van der Waals surface area contributed by atoms with Gasteiger partial charge in [-0.15, -0.1) is 0 Å². The number of aromatic nitrogens is 3. The number of aryl methyl sites for hydroxylation is 1. The summed E-state index contributed by atoms with van der Waals surface area (Å²) in [7, 11) is 1.94. The van der Waals surface area contributed by atoms with Crippen LogP contribution >= 0.6 is 0 Å². The molecule has 1 aliphatic rings. The standard InChI is InChI=1S/C16H22N4O/c1-20-15(9-12-21-14-7-10-17-11-8-14)18-16(19-20)13-5-3-2-4-6-13/h2-6,14,17H,7-12H2,1H3. The molecule has 2 heterocycles. The van der Waals surface area contributed by atoms with Gasteiger partial charge in [-0.3, -0.25) is 4.68 Å². The zero-order chi connectivity index (χ0) is 14.5. The highest BCUT2D eigenvalue weighted by atomic mass is 16.5. The van der Waals surface area contributed by atoms with Crippen molar-refractivity contribution in [2.24, 2.45) is 7.05 Å². The quantitative estimate of drug-likeness (QED) is 0.910. The number of piperidine rings is 1. The maximum absolute atomic E-state index is 5.94. The normalized spacial score (nSPS) is 16.2. The van der Waals surface area contributed by atoms with Gasteiger partial charge >= 0.3 is 0 Å². The Kier molecular flexibility index (Phi) is 4.62. The Balaban J connectivity index is 1.57. The summed E-state index contributed by atoms with van der Waals surface area (Å²) in [6.45, 7) is 2.84. The van der Waals surface area contributed by atoms with Gasteiger partial charge in [0, 0.05) is 19.0 Å². The van der Waals surface area contributed by atoms with Crippen molar-refractivity contribution in [3.63, 3.8) is 0 Å². The smallest absolute Gasteiger partial charge is 0.181 e. The Morgan fingerprint density at radius 2 is 2.00 bits per heavy atom. The molecule has 0 aliphatic carbocycles. The van der Waals surface area contributed by atoms with Gasteiger partial charge in [-0.2, -0.15) is 5.10 Å². The van der Waals surface area contributed by atoms with E-state index in [4.69, 9.17) is 4.74 Å². The third-order valence-corrected chi connectivity index (χ3v) is 3.85. The second kappa shape index (κ2) is 6.83. The molecule has 0 radical (unpaired) electrons. The fraction of sp³-hybridized carbons (Fsp3) is 0.500. The van der Waals surface area contributed by atoms with Crippen LogP contribution in [0, 0.1) is 0 Å². The van der Waals surface area contributed by atoms with Crippen LogP contribution in [0.25, 0.3) is 11.4 Å². The summed E-state index contributed by atoms with van der Waals surface area (Å²) in [5, 5.41) is 7.83. The van der Waals surface area contributed by atoms with Gasteiger partial charge < -0.3 is 10.1 Å². The molecule has 1 fully saturated rings. The van der Waals surface area contributed by atoms with Gasteiger partial charge in [-0.1, -0.05) is 30.3 Å². The monoisotopic (exact) mass is 286 g/mol. The first kappa shape index (κ1) is 14.2. The van der Waals surface area contributed by atoms with Crippen molar-refractivity contribution in [2.75, 3.05) is 19.7 Å². The molecule has 1 N–H and O–H groups in total. The molecule has 0 amide bonds. The molecule has 3 rings (SSSR count). The molecule has 112 valence electrons. The van der Waals surface area contributed by atoms with E-state index in [0.717, 1.165) is 49.6 Å². The van der Waals surface area contributed by atoms with Crippen molar-refractivity contribution in [3.05, 3.63) is 36.2 Å². The van der Waals surface area contributed by atoms with Crippen molar-refractivity contribution < 1.29 is 4.74 Å². The topological polar surface area (TPSA) is 52.0 Å². The minimum atomic E-state index is 0.396. The van der Waals surface area contributed by atoms with Crippen molar-refractivity contribution in [1.29, 1.82) is 0 Å². The molecule has 0 unspecified atom stereocenters. The van der Waals surface area contributed by atoms with Crippen LogP contribution in [0.4, 0.5) is 0 Å². The van der Waals surface area contributed by atoms with Gasteiger partial charge in [0.05, 0.1) is 12.7 Å². The molecule has 0 saturated carbocycles. The van der Waals surface area contributed by atoms with Crippen molar-refractivity contribution in [2.45, 2.75) is 25.4 Å². The molecule has 21 heavy (non-hydrogen) atoms. The lowest BCUT2D eigenvalue weighted by atomic mass is 10.1. The highest BCUT2D eigenvalue weighted by Gasteiger charge is 2.14. The summed E-state index contributed by atoms with van der Waals surface area (Å²) in [6.07, 6.45) is 3.41. The van der Waals surface area contributed by atoms with Gasteiger partial charge in [-0.05, 0) is 25.9 Å². The van der Waals surface area contributed by atoms with Crippen LogP contribution in [-0.4, -0.2) is 40.6 Å². The Hall–Kier alpha value is -1.72. The number of rotatable bonds is 5. The summed E-state index contributed by atoms with van der Waals surface area (Å²) >= 11 is 0. The van der Waals surface area contributed by atoms with Gasteiger partial charge in [0.2, 0.25) is 0 Å². The summed E-state index contributed by atoms with van der Waals surface area (Å²) in [6, 6.07) is 10.1. The van der Waals surface area contributed by atoms with Crippen molar-refractivity contribution in [1.82, 2.24) is 20.1 Å². The molecule has 0 bridgehead atoms. The molecule has 0 spiro atoms. The molecule has 2 aromatic rings. The molecule has 1 saturated heterocycles. The second-order valence-corrected chi connectivity index (χ2v) is 5.41. The molecular weight excluding hydrogens is 264 g/mol. The molecule has 0 atom stereocenters. The van der Waals surface area contributed by atoms with E-state index in [1.165, 1.54) is 0 Å². The highest BCUT2D eigenvalue weighted by molar-refractivity contribution is 5.53. The predicted molar refractivity (Wildman–Crippen MR) is 82.0 cm³/mol. The Bertz CT molecular complexity index is 561. The first-order valence-corrected chi connectivity index (χ1v) is 7.60. The Morgan fingerprint density at radius 3 is 2.76 bits per heavy atom. The van der Waals surface area contributed by atoms with Crippen LogP contribution in [-0.2, 0) is 18.2 Å². The van der Waals surface area contributed by atoms with E-state index in [0.29, 0.717) is 12.7 Å². The summed E-state index contributed by atoms with van der Waals surface area (Å²) < 4.78 is 7.79. The van der Waals surface area contributed by atoms with Crippen LogP contribution in [0.5, 0.6) is 0 Å². The van der Waals surface area contributed by atoms with E-state index in [-0.39, 0.29) is 0 Å². The van der Waals surface area contributed by atoms with E-state index in [1.807, 2.05) is 42.1 Å². The van der Waals surface area contributed by atoms with E-state index < -0.39 is 0 Å². The summed E-state index contributed by atoms with van der Waals surface area (Å²) in [5.41, 5.74) is 1.05. The molecule has 1 aromatic heterocycles.